The highest BCUT2D eigenvalue weighted by Gasteiger charge is 2.42. The lowest BCUT2D eigenvalue weighted by Crippen LogP contribution is -2.37. The second-order valence-corrected chi connectivity index (χ2v) is 6.93. The molecule has 0 bridgehead atoms. The first-order valence-electron chi connectivity index (χ1n) is 9.22. The lowest BCUT2D eigenvalue weighted by Gasteiger charge is -2.32. The number of rotatable bonds is 5. The van der Waals surface area contributed by atoms with Gasteiger partial charge in [0.25, 0.3) is 0 Å². The van der Waals surface area contributed by atoms with Gasteiger partial charge < -0.3 is 9.47 Å². The predicted octanol–water partition coefficient (Wildman–Crippen LogP) is 3.89. The van der Waals surface area contributed by atoms with Crippen molar-refractivity contribution in [3.05, 3.63) is 83.6 Å². The highest BCUT2D eigenvalue weighted by atomic mass is 16.5. The average Bonchev–Trinajstić information content (AvgIpc) is 3.07. The van der Waals surface area contributed by atoms with Crippen molar-refractivity contribution in [2.75, 3.05) is 18.1 Å². The van der Waals surface area contributed by atoms with Crippen molar-refractivity contribution in [2.24, 2.45) is 0 Å². The van der Waals surface area contributed by atoms with E-state index in [2.05, 4.69) is 6.58 Å². The van der Waals surface area contributed by atoms with Crippen LogP contribution in [0, 0.1) is 6.92 Å². The van der Waals surface area contributed by atoms with Crippen LogP contribution in [0.15, 0.2) is 72.5 Å². The number of ether oxygens (including phenoxy) is 2. The maximum atomic E-state index is 13.0. The molecule has 2 aromatic rings. The monoisotopic (exact) mass is 375 g/mol. The number of hydrogen-bond acceptors (Lipinski definition) is 4. The summed E-state index contributed by atoms with van der Waals surface area (Å²) in [5.41, 5.74) is 3.93. The Morgan fingerprint density at radius 2 is 2.00 bits per heavy atom. The van der Waals surface area contributed by atoms with Gasteiger partial charge in [-0.3, -0.25) is 9.69 Å². The summed E-state index contributed by atoms with van der Waals surface area (Å²) in [6.07, 6.45) is 1.90. The molecule has 2 heterocycles. The second kappa shape index (κ2) is 7.35. The minimum Gasteiger partial charge on any atom is -0.490 e. The molecule has 0 N–H and O–H groups in total. The highest BCUT2D eigenvalue weighted by molar-refractivity contribution is 6.06. The largest absolute Gasteiger partial charge is 0.490 e. The Hall–Kier alpha value is -3.34. The first-order valence-corrected chi connectivity index (χ1v) is 9.22. The standard InChI is InChI=1S/C23H21NO4/c1-3-11-27-18-9-7-16(8-10-18)19-13-21(25)24(17-6-4-5-15(2)12-17)20-14-28-23(26)22(19)20/h3-10,12,19H,1,11,13-14H2,2H3/t19-/m0/s1. The molecule has 5 nitrogen and oxygen atoms in total. The fraction of sp³-hybridized carbons (Fsp3) is 0.217. The van der Waals surface area contributed by atoms with Crippen LogP contribution in [0.5, 0.6) is 5.75 Å². The van der Waals surface area contributed by atoms with Crippen LogP contribution < -0.4 is 9.64 Å². The van der Waals surface area contributed by atoms with Gasteiger partial charge in [-0.15, -0.1) is 0 Å². The number of cyclic esters (lactones) is 1. The molecule has 0 spiro atoms. The number of amides is 1. The lowest BCUT2D eigenvalue weighted by atomic mass is 9.84. The molecule has 5 heteroatoms. The fourth-order valence-corrected chi connectivity index (χ4v) is 3.76. The van der Waals surface area contributed by atoms with Gasteiger partial charge >= 0.3 is 5.97 Å². The zero-order valence-corrected chi connectivity index (χ0v) is 15.7. The van der Waals surface area contributed by atoms with E-state index in [4.69, 9.17) is 9.47 Å². The molecule has 0 aromatic heterocycles. The fourth-order valence-electron chi connectivity index (χ4n) is 3.76. The number of benzene rings is 2. The molecule has 0 saturated heterocycles. The van der Waals surface area contributed by atoms with Gasteiger partial charge in [0.1, 0.15) is 19.0 Å². The summed E-state index contributed by atoms with van der Waals surface area (Å²) in [5.74, 6) is 0.0131. The summed E-state index contributed by atoms with van der Waals surface area (Å²) in [5, 5.41) is 0. The van der Waals surface area contributed by atoms with E-state index in [1.165, 1.54) is 0 Å². The van der Waals surface area contributed by atoms with Gasteiger partial charge in [0.2, 0.25) is 5.91 Å². The minimum absolute atomic E-state index is 0.0420. The highest BCUT2D eigenvalue weighted by Crippen LogP contribution is 2.42. The Labute approximate surface area is 163 Å². The van der Waals surface area contributed by atoms with Gasteiger partial charge in [-0.05, 0) is 42.3 Å². The van der Waals surface area contributed by atoms with Crippen molar-refractivity contribution in [1.29, 1.82) is 0 Å². The van der Waals surface area contributed by atoms with Gasteiger partial charge in [0.15, 0.2) is 0 Å². The first kappa shape index (κ1) is 18.0. The number of nitrogens with zero attached hydrogens (tertiary/aromatic N) is 1. The van der Waals surface area contributed by atoms with Crippen LogP contribution in [-0.2, 0) is 14.3 Å². The van der Waals surface area contributed by atoms with Crippen LogP contribution in [0.2, 0.25) is 0 Å². The molecule has 4 rings (SSSR count). The minimum atomic E-state index is -0.350. The molecule has 2 aliphatic heterocycles. The van der Waals surface area contributed by atoms with Crippen molar-refractivity contribution in [3.63, 3.8) is 0 Å². The number of anilines is 1. The van der Waals surface area contributed by atoms with Crippen LogP contribution in [-0.4, -0.2) is 25.1 Å². The van der Waals surface area contributed by atoms with E-state index in [0.29, 0.717) is 17.9 Å². The normalized spacial score (nSPS) is 18.8. The van der Waals surface area contributed by atoms with Crippen LogP contribution in [0.4, 0.5) is 5.69 Å². The molecule has 0 unspecified atom stereocenters. The van der Waals surface area contributed by atoms with Gasteiger partial charge in [-0.2, -0.15) is 0 Å². The third-order valence-corrected chi connectivity index (χ3v) is 5.03. The molecule has 1 amide bonds. The van der Waals surface area contributed by atoms with Gasteiger partial charge in [-0.25, -0.2) is 4.79 Å². The molecule has 28 heavy (non-hydrogen) atoms. The van der Waals surface area contributed by atoms with E-state index < -0.39 is 0 Å². The SMILES string of the molecule is C=CCOc1ccc([C@@H]2CC(=O)N(c3cccc(C)c3)C3=C2C(=O)OC3)cc1. The molecule has 0 aliphatic carbocycles. The molecule has 1 atom stereocenters. The first-order chi connectivity index (χ1) is 13.6. The molecule has 0 fully saturated rings. The Kier molecular flexibility index (Phi) is 4.74. The summed E-state index contributed by atoms with van der Waals surface area (Å²) in [4.78, 5) is 27.2. The van der Waals surface area contributed by atoms with Gasteiger partial charge in [-0.1, -0.05) is 36.9 Å². The van der Waals surface area contributed by atoms with E-state index in [0.717, 1.165) is 22.6 Å². The average molecular weight is 375 g/mol. The summed E-state index contributed by atoms with van der Waals surface area (Å²) in [6.45, 7) is 6.15. The second-order valence-electron chi connectivity index (χ2n) is 6.93. The summed E-state index contributed by atoms with van der Waals surface area (Å²) >= 11 is 0. The molecule has 0 saturated carbocycles. The summed E-state index contributed by atoms with van der Waals surface area (Å²) < 4.78 is 10.8. The molecular weight excluding hydrogens is 354 g/mol. The molecular formula is C23H21NO4. The number of carbonyl (C=O) groups excluding carboxylic acids is 2. The smallest absolute Gasteiger partial charge is 0.336 e. The zero-order chi connectivity index (χ0) is 19.7. The lowest BCUT2D eigenvalue weighted by molar-refractivity contribution is -0.136. The van der Waals surface area contributed by atoms with E-state index in [9.17, 15) is 9.59 Å². The third kappa shape index (κ3) is 3.20. The summed E-state index contributed by atoms with van der Waals surface area (Å²) in [7, 11) is 0. The third-order valence-electron chi connectivity index (χ3n) is 5.03. The topological polar surface area (TPSA) is 55.8 Å². The Balaban J connectivity index is 1.72. The van der Waals surface area contributed by atoms with Crippen LogP contribution in [0.3, 0.4) is 0 Å². The molecule has 0 radical (unpaired) electrons. The molecule has 142 valence electrons. The molecule has 2 aromatic carbocycles. The van der Waals surface area contributed by atoms with Crippen LogP contribution in [0.25, 0.3) is 0 Å². The number of carbonyl (C=O) groups is 2. The number of esters is 1. The van der Waals surface area contributed by atoms with Crippen molar-refractivity contribution >= 4 is 17.6 Å². The van der Waals surface area contributed by atoms with Gasteiger partial charge in [0.05, 0.1) is 11.3 Å². The summed E-state index contributed by atoms with van der Waals surface area (Å²) in [6, 6.07) is 15.2. The van der Waals surface area contributed by atoms with E-state index >= 15 is 0 Å². The van der Waals surface area contributed by atoms with E-state index in [1.54, 1.807) is 11.0 Å². The number of hydrogen-bond donors (Lipinski definition) is 0. The zero-order valence-electron chi connectivity index (χ0n) is 15.7. The van der Waals surface area contributed by atoms with Crippen molar-refractivity contribution < 1.29 is 19.1 Å². The quantitative estimate of drug-likeness (QED) is 0.588. The van der Waals surface area contributed by atoms with Crippen LogP contribution >= 0.6 is 0 Å². The van der Waals surface area contributed by atoms with Gasteiger partial charge in [0, 0.05) is 18.0 Å². The van der Waals surface area contributed by atoms with E-state index in [1.807, 2.05) is 55.5 Å². The predicted molar refractivity (Wildman–Crippen MR) is 106 cm³/mol. The maximum absolute atomic E-state index is 13.0. The molecule has 2 aliphatic rings. The van der Waals surface area contributed by atoms with Crippen molar-refractivity contribution in [1.82, 2.24) is 0 Å². The van der Waals surface area contributed by atoms with Crippen LogP contribution in [0.1, 0.15) is 23.5 Å². The van der Waals surface area contributed by atoms with Crippen molar-refractivity contribution in [2.45, 2.75) is 19.3 Å². The Bertz CT molecular complexity index is 974. The Morgan fingerprint density at radius 1 is 1.21 bits per heavy atom. The number of aryl methyl sites for hydroxylation is 1. The van der Waals surface area contributed by atoms with Crippen molar-refractivity contribution in [3.8, 4) is 5.75 Å². The van der Waals surface area contributed by atoms with E-state index in [-0.39, 0.29) is 30.8 Å². The maximum Gasteiger partial charge on any atom is 0.336 e. The Morgan fingerprint density at radius 3 is 2.71 bits per heavy atom.